The predicted octanol–water partition coefficient (Wildman–Crippen LogP) is 1.51. The van der Waals surface area contributed by atoms with Crippen molar-refractivity contribution in [3.05, 3.63) is 0 Å². The van der Waals surface area contributed by atoms with Gasteiger partial charge in [-0.15, -0.1) is 33.2 Å². The van der Waals surface area contributed by atoms with Gasteiger partial charge in [-0.05, 0) is 12.5 Å². The molecule has 0 aromatic carbocycles. The predicted molar refractivity (Wildman–Crippen MR) is 52.7 cm³/mol. The fraction of sp³-hybridized carbons (Fsp3) is 0.750. The molecular weight excluding hydrogens is 225 g/mol. The molecule has 0 radical (unpaired) electrons. The fourth-order valence-corrected chi connectivity index (χ4v) is 2.29. The summed E-state index contributed by atoms with van der Waals surface area (Å²) in [4.78, 5) is 0. The molecule has 11 heavy (non-hydrogen) atoms. The van der Waals surface area contributed by atoms with Crippen molar-refractivity contribution in [1.29, 1.82) is 5.41 Å². The van der Waals surface area contributed by atoms with Gasteiger partial charge in [-0.1, -0.05) is 0 Å². The minimum Gasteiger partial charge on any atom is -0.370 e. The van der Waals surface area contributed by atoms with E-state index in [0.29, 0.717) is 12.6 Å². The second-order valence-electron chi connectivity index (χ2n) is 2.06. The quantitative estimate of drug-likeness (QED) is 0.227. The van der Waals surface area contributed by atoms with Crippen molar-refractivity contribution in [3.8, 4) is 0 Å². The van der Waals surface area contributed by atoms with Crippen molar-refractivity contribution in [2.75, 3.05) is 6.54 Å². The first-order valence-electron chi connectivity index (χ1n) is 3.06. The molecule has 0 aromatic rings. The molecule has 0 heterocycles. The number of nitrogens with one attached hydrogen (secondary N) is 2. The van der Waals surface area contributed by atoms with E-state index in [4.69, 9.17) is 44.4 Å². The maximum absolute atomic E-state index is 6.81. The van der Waals surface area contributed by atoms with Gasteiger partial charge in [0.15, 0.2) is 5.96 Å². The number of hydrogen-bond acceptors (Lipinski definition) is 1. The second-order valence-corrected chi connectivity index (χ2v) is 11.3. The van der Waals surface area contributed by atoms with Crippen molar-refractivity contribution in [3.63, 3.8) is 0 Å². The van der Waals surface area contributed by atoms with Gasteiger partial charge >= 0.3 is 6.00 Å². The highest BCUT2D eigenvalue weighted by Gasteiger charge is 2.23. The van der Waals surface area contributed by atoms with E-state index in [1.807, 2.05) is 0 Å². The molecule has 0 aromatic heterocycles. The summed E-state index contributed by atoms with van der Waals surface area (Å²) in [5, 5.41) is 9.43. The van der Waals surface area contributed by atoms with Gasteiger partial charge in [-0.3, -0.25) is 5.41 Å². The molecular formula is C4H10Cl3N3Si. The molecule has 66 valence electrons. The molecule has 7 heteroatoms. The summed E-state index contributed by atoms with van der Waals surface area (Å²) in [6, 6.07) is -1.87. The van der Waals surface area contributed by atoms with E-state index in [2.05, 4.69) is 5.32 Å². The standard InChI is InChI=1S/C4H10Cl3N3Si/c5-11(6,7)3-1-2-10-4(8)9/h1-3H2,(H4,8,9,10). The van der Waals surface area contributed by atoms with Crippen LogP contribution in [0.1, 0.15) is 6.42 Å². The fourth-order valence-electron chi connectivity index (χ4n) is 0.512. The molecule has 0 aliphatic heterocycles. The topological polar surface area (TPSA) is 61.9 Å². The summed E-state index contributed by atoms with van der Waals surface area (Å²) < 4.78 is 0. The molecule has 0 atom stereocenters. The molecule has 0 amide bonds. The van der Waals surface area contributed by atoms with Gasteiger partial charge in [0, 0.05) is 6.54 Å². The highest BCUT2D eigenvalue weighted by atomic mass is 35.8. The van der Waals surface area contributed by atoms with Crippen molar-refractivity contribution >= 4 is 45.2 Å². The van der Waals surface area contributed by atoms with Crippen LogP contribution in [0.25, 0.3) is 0 Å². The van der Waals surface area contributed by atoms with Gasteiger partial charge in [0.1, 0.15) is 0 Å². The summed E-state index contributed by atoms with van der Waals surface area (Å²) in [6.45, 7) is 0.593. The first kappa shape index (κ1) is 11.4. The summed E-state index contributed by atoms with van der Waals surface area (Å²) in [5.41, 5.74) is 5.03. The molecule has 4 N–H and O–H groups in total. The van der Waals surface area contributed by atoms with Crippen LogP contribution in [-0.4, -0.2) is 18.5 Å². The molecule has 0 aliphatic carbocycles. The molecule has 0 saturated heterocycles. The highest BCUT2D eigenvalue weighted by Crippen LogP contribution is 2.25. The van der Waals surface area contributed by atoms with Gasteiger partial charge in [0.25, 0.3) is 0 Å². The van der Waals surface area contributed by atoms with Crippen LogP contribution in [0.5, 0.6) is 0 Å². The monoisotopic (exact) mass is 233 g/mol. The molecule has 3 nitrogen and oxygen atoms in total. The first-order chi connectivity index (χ1) is 4.92. The molecule has 0 unspecified atom stereocenters. The van der Waals surface area contributed by atoms with Crippen molar-refractivity contribution < 1.29 is 0 Å². The zero-order valence-electron chi connectivity index (χ0n) is 5.83. The van der Waals surface area contributed by atoms with Crippen molar-refractivity contribution in [1.82, 2.24) is 5.32 Å². The Morgan fingerprint density at radius 1 is 1.45 bits per heavy atom. The molecule has 0 bridgehead atoms. The minimum atomic E-state index is -2.46. The van der Waals surface area contributed by atoms with Gasteiger partial charge in [-0.25, -0.2) is 0 Å². The second kappa shape index (κ2) is 5.08. The van der Waals surface area contributed by atoms with Gasteiger partial charge in [0.2, 0.25) is 0 Å². The van der Waals surface area contributed by atoms with Crippen molar-refractivity contribution in [2.24, 2.45) is 5.73 Å². The lowest BCUT2D eigenvalue weighted by Crippen LogP contribution is -2.31. The van der Waals surface area contributed by atoms with Crippen LogP contribution in [-0.2, 0) is 0 Å². The number of halogens is 3. The summed E-state index contributed by atoms with van der Waals surface area (Å²) in [6.07, 6.45) is 0.738. The minimum absolute atomic E-state index is 0.0454. The molecule has 0 spiro atoms. The van der Waals surface area contributed by atoms with E-state index in [1.165, 1.54) is 0 Å². The lowest BCUT2D eigenvalue weighted by Gasteiger charge is -2.07. The lowest BCUT2D eigenvalue weighted by molar-refractivity contribution is 0.826. The molecule has 0 aliphatic rings. The molecule has 0 fully saturated rings. The van der Waals surface area contributed by atoms with Crippen molar-refractivity contribution in [2.45, 2.75) is 12.5 Å². The van der Waals surface area contributed by atoms with Crippen LogP contribution in [0.2, 0.25) is 6.04 Å². The lowest BCUT2D eigenvalue weighted by atomic mass is 10.5. The van der Waals surface area contributed by atoms with E-state index in [0.717, 1.165) is 6.42 Å². The molecule has 0 rings (SSSR count). The maximum Gasteiger partial charge on any atom is 0.341 e. The molecule has 0 saturated carbocycles. The van der Waals surface area contributed by atoms with E-state index in [1.54, 1.807) is 0 Å². The van der Waals surface area contributed by atoms with Crippen LogP contribution in [0.4, 0.5) is 0 Å². The van der Waals surface area contributed by atoms with E-state index in [9.17, 15) is 0 Å². The Morgan fingerprint density at radius 3 is 2.36 bits per heavy atom. The van der Waals surface area contributed by atoms with Crippen LogP contribution in [0, 0.1) is 5.41 Å². The zero-order chi connectivity index (χ0) is 8.91. The zero-order valence-corrected chi connectivity index (χ0v) is 9.10. The Kier molecular flexibility index (Phi) is 5.25. The Hall–Kier alpha value is 0.357. The maximum atomic E-state index is 6.81. The van der Waals surface area contributed by atoms with Crippen LogP contribution in [0.15, 0.2) is 0 Å². The Morgan fingerprint density at radius 2 is 2.00 bits per heavy atom. The normalized spacial score (nSPS) is 11.2. The summed E-state index contributed by atoms with van der Waals surface area (Å²) in [7, 11) is 0. The smallest absolute Gasteiger partial charge is 0.341 e. The first-order valence-corrected chi connectivity index (χ1v) is 8.31. The Labute approximate surface area is 80.8 Å². The average Bonchev–Trinajstić information content (AvgIpc) is 1.78. The number of nitrogens with two attached hydrogens (primary N) is 1. The average molecular weight is 235 g/mol. The number of rotatable bonds is 4. The van der Waals surface area contributed by atoms with Crippen LogP contribution >= 0.6 is 33.2 Å². The highest BCUT2D eigenvalue weighted by molar-refractivity contribution is 7.64. The Bertz CT molecular complexity index is 135. The van der Waals surface area contributed by atoms with Gasteiger partial charge in [-0.2, -0.15) is 0 Å². The number of guanidine groups is 1. The number of hydrogen-bond donors (Lipinski definition) is 3. The van der Waals surface area contributed by atoms with E-state index < -0.39 is 6.00 Å². The van der Waals surface area contributed by atoms with E-state index in [-0.39, 0.29) is 5.96 Å². The third kappa shape index (κ3) is 10.4. The summed E-state index contributed by atoms with van der Waals surface area (Å²) >= 11 is 16.8. The summed E-state index contributed by atoms with van der Waals surface area (Å²) in [5.74, 6) is -0.0454. The third-order valence-electron chi connectivity index (χ3n) is 0.952. The van der Waals surface area contributed by atoms with Crippen LogP contribution in [0.3, 0.4) is 0 Å². The van der Waals surface area contributed by atoms with Crippen LogP contribution < -0.4 is 11.1 Å². The largest absolute Gasteiger partial charge is 0.370 e. The Balaban J connectivity index is 3.22. The van der Waals surface area contributed by atoms with Gasteiger partial charge < -0.3 is 11.1 Å². The van der Waals surface area contributed by atoms with E-state index >= 15 is 0 Å². The van der Waals surface area contributed by atoms with Gasteiger partial charge in [0.05, 0.1) is 0 Å². The third-order valence-corrected chi connectivity index (χ3v) is 3.57. The SMILES string of the molecule is N=C(N)NCCC[Si](Cl)(Cl)Cl.